The third kappa shape index (κ3) is 3.07. The van der Waals surface area contributed by atoms with Crippen molar-refractivity contribution >= 4 is 0 Å². The third-order valence-corrected chi connectivity index (χ3v) is 3.97. The van der Waals surface area contributed by atoms with E-state index in [1.165, 1.54) is 12.0 Å². The van der Waals surface area contributed by atoms with Crippen molar-refractivity contribution in [3.63, 3.8) is 0 Å². The van der Waals surface area contributed by atoms with E-state index < -0.39 is 0 Å². The fourth-order valence-corrected chi connectivity index (χ4v) is 2.68. The first-order chi connectivity index (χ1) is 10.3. The smallest absolute Gasteiger partial charge is 0.136 e. The summed E-state index contributed by atoms with van der Waals surface area (Å²) in [5, 5.41) is 12.6. The number of hydrogen-bond donors (Lipinski definition) is 1. The maximum Gasteiger partial charge on any atom is 0.136 e. The highest BCUT2D eigenvalue weighted by Gasteiger charge is 2.37. The minimum absolute atomic E-state index is 0.550. The van der Waals surface area contributed by atoms with Gasteiger partial charge in [0.2, 0.25) is 0 Å². The minimum atomic E-state index is 0.550. The monoisotopic (exact) mass is 278 g/mol. The van der Waals surface area contributed by atoms with Crippen molar-refractivity contribution in [1.82, 2.24) is 5.32 Å². The molecular formula is C18H18N2O. The van der Waals surface area contributed by atoms with E-state index in [9.17, 15) is 0 Å². The van der Waals surface area contributed by atoms with Crippen LogP contribution < -0.4 is 10.1 Å². The number of nitriles is 1. The molecule has 2 aromatic carbocycles. The Bertz CT molecular complexity index is 661. The molecule has 0 saturated heterocycles. The highest BCUT2D eigenvalue weighted by atomic mass is 16.5. The van der Waals surface area contributed by atoms with Gasteiger partial charge in [-0.25, -0.2) is 0 Å². The van der Waals surface area contributed by atoms with E-state index >= 15 is 0 Å². The molecule has 1 fully saturated rings. The van der Waals surface area contributed by atoms with E-state index in [0.29, 0.717) is 23.3 Å². The van der Waals surface area contributed by atoms with Crippen LogP contribution in [0.25, 0.3) is 0 Å². The van der Waals surface area contributed by atoms with Gasteiger partial charge in [0.05, 0.1) is 12.7 Å². The molecule has 1 N–H and O–H groups in total. The van der Waals surface area contributed by atoms with Crippen LogP contribution in [0.1, 0.15) is 29.0 Å². The molecule has 3 heteroatoms. The molecule has 0 spiro atoms. The Balaban J connectivity index is 1.59. The van der Waals surface area contributed by atoms with Crippen molar-refractivity contribution in [2.75, 3.05) is 7.11 Å². The van der Waals surface area contributed by atoms with Gasteiger partial charge >= 0.3 is 0 Å². The lowest BCUT2D eigenvalue weighted by molar-refractivity contribution is 0.412. The topological polar surface area (TPSA) is 45.0 Å². The quantitative estimate of drug-likeness (QED) is 0.913. The van der Waals surface area contributed by atoms with Gasteiger partial charge < -0.3 is 10.1 Å². The predicted octanol–water partition coefficient (Wildman–Crippen LogP) is 3.21. The van der Waals surface area contributed by atoms with Crippen LogP contribution in [0.15, 0.2) is 48.5 Å². The maximum atomic E-state index is 8.98. The Kier molecular flexibility index (Phi) is 3.89. The fourth-order valence-electron chi connectivity index (χ4n) is 2.68. The van der Waals surface area contributed by atoms with Crippen LogP contribution in [0.3, 0.4) is 0 Å². The molecule has 0 aromatic heterocycles. The number of rotatable bonds is 5. The molecule has 0 heterocycles. The number of nitrogens with one attached hydrogen (secondary N) is 1. The second kappa shape index (κ2) is 5.99. The summed E-state index contributed by atoms with van der Waals surface area (Å²) in [5.41, 5.74) is 3.13. The van der Waals surface area contributed by atoms with Gasteiger partial charge in [0.25, 0.3) is 0 Å². The number of nitrogens with zero attached hydrogens (tertiary/aromatic N) is 1. The van der Waals surface area contributed by atoms with Crippen LogP contribution >= 0.6 is 0 Å². The summed E-state index contributed by atoms with van der Waals surface area (Å²) in [7, 11) is 1.60. The van der Waals surface area contributed by atoms with Gasteiger partial charge in [-0.2, -0.15) is 5.26 Å². The Morgan fingerprint density at radius 3 is 2.76 bits per heavy atom. The van der Waals surface area contributed by atoms with E-state index in [4.69, 9.17) is 10.00 Å². The van der Waals surface area contributed by atoms with E-state index in [1.807, 2.05) is 18.2 Å². The van der Waals surface area contributed by atoms with Gasteiger partial charge in [-0.3, -0.25) is 0 Å². The van der Waals surface area contributed by atoms with Crippen molar-refractivity contribution in [3.8, 4) is 11.8 Å². The molecule has 3 rings (SSSR count). The lowest BCUT2D eigenvalue weighted by Gasteiger charge is -2.08. The normalized spacial score (nSPS) is 19.8. The lowest BCUT2D eigenvalue weighted by atomic mass is 10.1. The van der Waals surface area contributed by atoms with Gasteiger partial charge in [0.15, 0.2) is 0 Å². The number of hydrogen-bond acceptors (Lipinski definition) is 3. The van der Waals surface area contributed by atoms with E-state index in [0.717, 1.165) is 12.1 Å². The van der Waals surface area contributed by atoms with E-state index in [-0.39, 0.29) is 0 Å². The summed E-state index contributed by atoms with van der Waals surface area (Å²) in [5.74, 6) is 1.28. The standard InChI is InChI=1S/C18H18N2O/c1-21-18-9-13(7-8-15(18)11-19)12-20-17-10-16(17)14-5-3-2-4-6-14/h2-9,16-17,20H,10,12H2,1H3. The van der Waals surface area contributed by atoms with Crippen molar-refractivity contribution < 1.29 is 4.74 Å². The molecule has 3 nitrogen and oxygen atoms in total. The Labute approximate surface area is 125 Å². The maximum absolute atomic E-state index is 8.98. The minimum Gasteiger partial charge on any atom is -0.495 e. The van der Waals surface area contributed by atoms with Gasteiger partial charge in [0.1, 0.15) is 11.8 Å². The first kappa shape index (κ1) is 13.7. The van der Waals surface area contributed by atoms with E-state index in [1.54, 1.807) is 7.11 Å². The van der Waals surface area contributed by atoms with Crippen LogP contribution in [0.2, 0.25) is 0 Å². The zero-order valence-corrected chi connectivity index (χ0v) is 12.0. The lowest BCUT2D eigenvalue weighted by Crippen LogP contribution is -2.17. The van der Waals surface area contributed by atoms with Crippen LogP contribution in [-0.4, -0.2) is 13.2 Å². The third-order valence-electron chi connectivity index (χ3n) is 3.97. The average Bonchev–Trinajstić information content (AvgIpc) is 3.33. The van der Waals surface area contributed by atoms with Gasteiger partial charge in [-0.05, 0) is 29.7 Å². The van der Waals surface area contributed by atoms with E-state index in [2.05, 4.69) is 41.7 Å². The van der Waals surface area contributed by atoms with Crippen LogP contribution in [0.5, 0.6) is 5.75 Å². The molecule has 0 amide bonds. The molecule has 21 heavy (non-hydrogen) atoms. The molecule has 1 saturated carbocycles. The summed E-state index contributed by atoms with van der Waals surface area (Å²) >= 11 is 0. The molecule has 1 aliphatic rings. The Hall–Kier alpha value is -2.31. The summed E-state index contributed by atoms with van der Waals surface area (Å²) in [6.45, 7) is 0.802. The number of ether oxygens (including phenoxy) is 1. The van der Waals surface area contributed by atoms with Crippen molar-refractivity contribution in [2.24, 2.45) is 0 Å². The second-order valence-corrected chi connectivity index (χ2v) is 5.39. The second-order valence-electron chi connectivity index (χ2n) is 5.39. The molecule has 2 aromatic rings. The molecule has 106 valence electrons. The summed E-state index contributed by atoms with van der Waals surface area (Å²) in [6.07, 6.45) is 1.19. The number of methoxy groups -OCH3 is 1. The molecule has 1 aliphatic carbocycles. The zero-order chi connectivity index (χ0) is 14.7. The van der Waals surface area contributed by atoms with Gasteiger partial charge in [-0.1, -0.05) is 36.4 Å². The molecule has 0 radical (unpaired) electrons. The van der Waals surface area contributed by atoms with Crippen molar-refractivity contribution in [3.05, 3.63) is 65.2 Å². The van der Waals surface area contributed by atoms with Gasteiger partial charge in [0, 0.05) is 18.5 Å². The van der Waals surface area contributed by atoms with Crippen LogP contribution in [-0.2, 0) is 6.54 Å². The molecule has 2 atom stereocenters. The molecule has 0 aliphatic heterocycles. The van der Waals surface area contributed by atoms with Crippen molar-refractivity contribution in [2.45, 2.75) is 24.9 Å². The molecule has 2 unspecified atom stereocenters. The predicted molar refractivity (Wildman–Crippen MR) is 82.1 cm³/mol. The molecular weight excluding hydrogens is 260 g/mol. The molecule has 0 bridgehead atoms. The zero-order valence-electron chi connectivity index (χ0n) is 12.0. The average molecular weight is 278 g/mol. The van der Waals surface area contributed by atoms with Crippen LogP contribution in [0, 0.1) is 11.3 Å². The first-order valence-corrected chi connectivity index (χ1v) is 7.17. The summed E-state index contributed by atoms with van der Waals surface area (Å²) < 4.78 is 5.24. The fraction of sp³-hybridized carbons (Fsp3) is 0.278. The Morgan fingerprint density at radius 1 is 1.24 bits per heavy atom. The highest BCUT2D eigenvalue weighted by molar-refractivity contribution is 5.45. The number of benzene rings is 2. The van der Waals surface area contributed by atoms with Crippen molar-refractivity contribution in [1.29, 1.82) is 5.26 Å². The summed E-state index contributed by atoms with van der Waals surface area (Å²) in [6, 6.07) is 19.0. The summed E-state index contributed by atoms with van der Waals surface area (Å²) in [4.78, 5) is 0. The van der Waals surface area contributed by atoms with Gasteiger partial charge in [-0.15, -0.1) is 0 Å². The van der Waals surface area contributed by atoms with Crippen LogP contribution in [0.4, 0.5) is 0 Å². The SMILES string of the molecule is COc1cc(CNC2CC2c2ccccc2)ccc1C#N. The highest BCUT2D eigenvalue weighted by Crippen LogP contribution is 2.40. The Morgan fingerprint density at radius 2 is 2.05 bits per heavy atom. The first-order valence-electron chi connectivity index (χ1n) is 7.17. The largest absolute Gasteiger partial charge is 0.495 e.